The Bertz CT molecular complexity index is 908. The molecule has 2 heterocycles. The van der Waals surface area contributed by atoms with Gasteiger partial charge >= 0.3 is 12.3 Å². The van der Waals surface area contributed by atoms with Crippen molar-refractivity contribution in [2.24, 2.45) is 28.9 Å². The lowest BCUT2D eigenvalue weighted by Gasteiger charge is -2.58. The van der Waals surface area contributed by atoms with Gasteiger partial charge in [0, 0.05) is 19.1 Å². The van der Waals surface area contributed by atoms with Gasteiger partial charge in [-0.2, -0.15) is 13.2 Å². The van der Waals surface area contributed by atoms with Gasteiger partial charge in [0.2, 0.25) is 5.91 Å². The van der Waals surface area contributed by atoms with Crippen LogP contribution in [0.25, 0.3) is 0 Å². The lowest BCUT2D eigenvalue weighted by atomic mass is 9.48. The number of ether oxygens (including phenoxy) is 1. The van der Waals surface area contributed by atoms with Crippen LogP contribution in [0.2, 0.25) is 0 Å². The van der Waals surface area contributed by atoms with E-state index < -0.39 is 23.4 Å². The maximum absolute atomic E-state index is 12.9. The van der Waals surface area contributed by atoms with E-state index in [1.54, 1.807) is 4.90 Å². The summed E-state index contributed by atoms with van der Waals surface area (Å²) >= 11 is 0. The first-order valence-electron chi connectivity index (χ1n) is 11.2. The number of nitrogens with one attached hydrogen (secondary N) is 1. The summed E-state index contributed by atoms with van der Waals surface area (Å²) in [6, 6.07) is 3.52. The summed E-state index contributed by atoms with van der Waals surface area (Å²) in [6.07, 6.45) is -0.312. The van der Waals surface area contributed by atoms with E-state index in [1.165, 1.54) is 12.1 Å². The van der Waals surface area contributed by atoms with E-state index in [4.69, 9.17) is 10.5 Å². The van der Waals surface area contributed by atoms with Crippen molar-refractivity contribution in [2.45, 2.75) is 56.8 Å². The fourth-order valence-electron chi connectivity index (χ4n) is 6.59. The number of alkyl halides is 3. The molecule has 1 unspecified atom stereocenters. The molecule has 4 bridgehead atoms. The third kappa shape index (κ3) is 3.77. The number of nitrogens with two attached hydrogens (primary N) is 1. The molecule has 1 aromatic heterocycles. The Morgan fingerprint density at radius 1 is 1.19 bits per heavy atom. The first kappa shape index (κ1) is 21.3. The molecule has 0 radical (unpaired) electrons. The van der Waals surface area contributed by atoms with Crippen LogP contribution in [0, 0.1) is 23.2 Å². The number of halogens is 3. The fourth-order valence-corrected chi connectivity index (χ4v) is 6.59. The molecule has 174 valence electrons. The van der Waals surface area contributed by atoms with Crippen LogP contribution in [-0.4, -0.2) is 47.1 Å². The Hall–Kier alpha value is -2.52. The summed E-state index contributed by atoms with van der Waals surface area (Å²) in [6.45, 7) is 0.804. The van der Waals surface area contributed by atoms with Crippen LogP contribution in [0.15, 0.2) is 18.2 Å². The van der Waals surface area contributed by atoms with Crippen molar-refractivity contribution in [3.63, 3.8) is 0 Å². The number of pyridine rings is 1. The average Bonchev–Trinajstić information content (AvgIpc) is 3.18. The highest BCUT2D eigenvalue weighted by atomic mass is 19.4. The second-order valence-corrected chi connectivity index (χ2v) is 9.94. The Balaban J connectivity index is 1.18. The number of aromatic nitrogens is 1. The highest BCUT2D eigenvalue weighted by molar-refractivity contribution is 5.81. The smallest absolute Gasteiger partial charge is 0.433 e. The monoisotopic (exact) mass is 452 g/mol. The van der Waals surface area contributed by atoms with E-state index in [0.717, 1.165) is 25.3 Å². The molecule has 10 heteroatoms. The van der Waals surface area contributed by atoms with Gasteiger partial charge in [-0.15, -0.1) is 0 Å². The molecule has 2 amide bonds. The number of hydrogen-bond acceptors (Lipinski definition) is 5. The van der Waals surface area contributed by atoms with Gasteiger partial charge in [0.05, 0.1) is 5.41 Å². The zero-order valence-corrected chi connectivity index (χ0v) is 17.6. The van der Waals surface area contributed by atoms with E-state index in [0.29, 0.717) is 38.3 Å². The molecule has 7 nitrogen and oxygen atoms in total. The summed E-state index contributed by atoms with van der Waals surface area (Å²) in [5.74, 6) is 0.735. The maximum Gasteiger partial charge on any atom is 0.433 e. The summed E-state index contributed by atoms with van der Waals surface area (Å²) in [7, 11) is 0. The molecule has 0 spiro atoms. The quantitative estimate of drug-likeness (QED) is 0.730. The minimum atomic E-state index is -4.51. The lowest BCUT2D eigenvalue weighted by molar-refractivity contribution is -0.161. The Morgan fingerprint density at radius 3 is 2.56 bits per heavy atom. The van der Waals surface area contributed by atoms with Crippen LogP contribution in [0.3, 0.4) is 0 Å². The first-order valence-corrected chi connectivity index (χ1v) is 11.2. The normalized spacial score (nSPS) is 35.7. The lowest BCUT2D eigenvalue weighted by Crippen LogP contribution is -2.59. The topological polar surface area (TPSA) is 97.6 Å². The molecule has 1 aromatic rings. The molecule has 0 aromatic carbocycles. The van der Waals surface area contributed by atoms with Crippen LogP contribution in [0.4, 0.5) is 23.8 Å². The van der Waals surface area contributed by atoms with Gasteiger partial charge in [0.25, 0.3) is 0 Å². The summed E-state index contributed by atoms with van der Waals surface area (Å²) in [5, 5.41) is 3.00. The number of nitrogens with zero attached hydrogens (tertiary/aromatic N) is 2. The van der Waals surface area contributed by atoms with Crippen molar-refractivity contribution in [2.75, 3.05) is 18.4 Å². The van der Waals surface area contributed by atoms with Crippen molar-refractivity contribution < 1.29 is 27.5 Å². The summed E-state index contributed by atoms with van der Waals surface area (Å²) in [5.41, 5.74) is 4.34. The van der Waals surface area contributed by atoms with Gasteiger partial charge in [-0.1, -0.05) is 6.07 Å². The minimum Gasteiger partial charge on any atom is -0.446 e. The third-order valence-electron chi connectivity index (χ3n) is 7.78. The van der Waals surface area contributed by atoms with Crippen LogP contribution < -0.4 is 11.1 Å². The van der Waals surface area contributed by atoms with Gasteiger partial charge < -0.3 is 20.7 Å². The number of carbonyl (C=O) groups is 2. The Kier molecular flexibility index (Phi) is 5.01. The van der Waals surface area contributed by atoms with Crippen molar-refractivity contribution in [3.8, 4) is 0 Å². The highest BCUT2D eigenvalue weighted by Crippen LogP contribution is 2.60. The van der Waals surface area contributed by atoms with Gasteiger partial charge in [0.15, 0.2) is 0 Å². The van der Waals surface area contributed by atoms with Crippen molar-refractivity contribution in [3.05, 3.63) is 23.9 Å². The fraction of sp³-hybridized carbons (Fsp3) is 0.682. The predicted octanol–water partition coefficient (Wildman–Crippen LogP) is 3.40. The standard InChI is InChI=1S/C22H27F3N4O3/c23-22(24,25)16-2-1-3-17(28-16)27-15-4-5-29(11-15)20(31)32-18-13-6-12-7-14(18)10-21(8-12,9-13)19(26)30/h1-3,12-15,18H,4-11H2,(H2,26,30)(H,27,28)/t12?,13-,14-,15?,18?,21?/m1/s1. The summed E-state index contributed by atoms with van der Waals surface area (Å²) in [4.78, 5) is 30.2. The van der Waals surface area contributed by atoms with Gasteiger partial charge in [0.1, 0.15) is 17.6 Å². The van der Waals surface area contributed by atoms with E-state index in [-0.39, 0.29) is 35.7 Å². The number of amides is 2. The number of carbonyl (C=O) groups excluding carboxylic acids is 2. The van der Waals surface area contributed by atoms with Crippen molar-refractivity contribution >= 4 is 17.8 Å². The average molecular weight is 452 g/mol. The van der Waals surface area contributed by atoms with E-state index in [1.807, 2.05) is 0 Å². The predicted molar refractivity (Wildman–Crippen MR) is 108 cm³/mol. The van der Waals surface area contributed by atoms with Crippen molar-refractivity contribution in [1.82, 2.24) is 9.88 Å². The zero-order chi connectivity index (χ0) is 22.7. The molecule has 6 rings (SSSR count). The number of anilines is 1. The molecular weight excluding hydrogens is 425 g/mol. The van der Waals surface area contributed by atoms with Gasteiger partial charge in [-0.3, -0.25) is 4.79 Å². The van der Waals surface area contributed by atoms with Crippen LogP contribution in [0.1, 0.15) is 44.2 Å². The Morgan fingerprint density at radius 2 is 1.91 bits per heavy atom. The zero-order valence-electron chi connectivity index (χ0n) is 17.6. The molecule has 3 N–H and O–H groups in total. The maximum atomic E-state index is 12.9. The number of hydrogen-bond donors (Lipinski definition) is 2. The van der Waals surface area contributed by atoms with Gasteiger partial charge in [-0.25, -0.2) is 9.78 Å². The SMILES string of the molecule is NC(=O)C12CC3C[C@H](C1)C(OC(=O)N1CCC(Nc4cccc(C(F)(F)F)n4)C1)[C@H](C3)C2. The second kappa shape index (κ2) is 7.52. The molecule has 5 aliphatic rings. The molecular formula is C22H27F3N4O3. The molecule has 4 saturated carbocycles. The second-order valence-electron chi connectivity index (χ2n) is 9.94. The number of rotatable bonds is 4. The van der Waals surface area contributed by atoms with E-state index in [2.05, 4.69) is 10.3 Å². The third-order valence-corrected chi connectivity index (χ3v) is 7.78. The Labute approximate surface area is 183 Å². The molecule has 32 heavy (non-hydrogen) atoms. The largest absolute Gasteiger partial charge is 0.446 e. The number of primary amides is 1. The molecule has 4 aliphatic carbocycles. The molecule has 1 aliphatic heterocycles. The first-order chi connectivity index (χ1) is 15.1. The molecule has 3 atom stereocenters. The number of likely N-dealkylation sites (tertiary alicyclic amines) is 1. The minimum absolute atomic E-state index is 0.137. The van der Waals surface area contributed by atoms with Crippen molar-refractivity contribution in [1.29, 1.82) is 0 Å². The van der Waals surface area contributed by atoms with Gasteiger partial charge in [-0.05, 0) is 68.4 Å². The van der Waals surface area contributed by atoms with Crippen LogP contribution in [0.5, 0.6) is 0 Å². The van der Waals surface area contributed by atoms with Crippen LogP contribution >= 0.6 is 0 Å². The van der Waals surface area contributed by atoms with E-state index >= 15 is 0 Å². The summed E-state index contributed by atoms with van der Waals surface area (Å²) < 4.78 is 44.6. The van der Waals surface area contributed by atoms with Crippen LogP contribution in [-0.2, 0) is 15.7 Å². The van der Waals surface area contributed by atoms with E-state index in [9.17, 15) is 22.8 Å². The molecule has 5 fully saturated rings. The highest BCUT2D eigenvalue weighted by Gasteiger charge is 2.59. The molecule has 1 saturated heterocycles.